The number of pyridine rings is 1. The van der Waals surface area contributed by atoms with Crippen LogP contribution in [0.2, 0.25) is 0 Å². The molecule has 4 nitrogen and oxygen atoms in total. The van der Waals surface area contributed by atoms with Crippen LogP contribution in [-0.4, -0.2) is 36.0 Å². The molecule has 0 radical (unpaired) electrons. The first-order valence-corrected chi connectivity index (χ1v) is 6.00. The van der Waals surface area contributed by atoms with Crippen LogP contribution in [0.15, 0.2) is 18.3 Å². The molecule has 1 aromatic heterocycles. The average molecular weight is 257 g/mol. The molecule has 1 unspecified atom stereocenters. The number of hydrogen-bond acceptors (Lipinski definition) is 3. The van der Waals surface area contributed by atoms with Gasteiger partial charge in [0.2, 0.25) is 11.8 Å². The van der Waals surface area contributed by atoms with Crippen molar-refractivity contribution in [2.45, 2.75) is 19.2 Å². The highest BCUT2D eigenvalue weighted by atomic mass is 35.5. The van der Waals surface area contributed by atoms with E-state index in [1.807, 2.05) is 13.8 Å². The van der Waals surface area contributed by atoms with Gasteiger partial charge in [0.05, 0.1) is 7.11 Å². The third-order valence-electron chi connectivity index (χ3n) is 2.55. The zero-order chi connectivity index (χ0) is 12.8. The number of methoxy groups -OCH3 is 1. The van der Waals surface area contributed by atoms with Crippen LogP contribution in [0.4, 0.5) is 0 Å². The summed E-state index contributed by atoms with van der Waals surface area (Å²) in [4.78, 5) is 17.7. The molecule has 1 aromatic rings. The van der Waals surface area contributed by atoms with E-state index in [0.717, 1.165) is 0 Å². The van der Waals surface area contributed by atoms with Crippen LogP contribution in [0.3, 0.4) is 0 Å². The standard InChI is InChI=1S/C12H17ClN2O2/c1-4-15(5-2)12(16)11(13)9-6-7-10(17-3)14-8-9/h6-8,11H,4-5H2,1-3H3. The van der Waals surface area contributed by atoms with Crippen LogP contribution in [0.25, 0.3) is 0 Å². The maximum Gasteiger partial charge on any atom is 0.245 e. The van der Waals surface area contributed by atoms with Gasteiger partial charge in [0.15, 0.2) is 0 Å². The largest absolute Gasteiger partial charge is 0.481 e. The molecule has 5 heteroatoms. The molecule has 0 fully saturated rings. The van der Waals surface area contributed by atoms with E-state index in [9.17, 15) is 4.79 Å². The predicted octanol–water partition coefficient (Wildman–Crippen LogP) is 2.24. The Hall–Kier alpha value is -1.29. The van der Waals surface area contributed by atoms with E-state index in [1.54, 1.807) is 30.3 Å². The molecule has 0 saturated heterocycles. The Kier molecular flexibility index (Phi) is 5.22. The first-order valence-electron chi connectivity index (χ1n) is 5.56. The van der Waals surface area contributed by atoms with Crippen molar-refractivity contribution in [1.82, 2.24) is 9.88 Å². The van der Waals surface area contributed by atoms with Crippen molar-refractivity contribution in [2.75, 3.05) is 20.2 Å². The van der Waals surface area contributed by atoms with Gasteiger partial charge in [0.1, 0.15) is 5.38 Å². The molecule has 0 aliphatic heterocycles. The number of alkyl halides is 1. The van der Waals surface area contributed by atoms with Crippen molar-refractivity contribution in [3.8, 4) is 5.88 Å². The first kappa shape index (κ1) is 13.8. The number of amides is 1. The molecular formula is C12H17ClN2O2. The summed E-state index contributed by atoms with van der Waals surface area (Å²) in [5.41, 5.74) is 0.685. The summed E-state index contributed by atoms with van der Waals surface area (Å²) in [5.74, 6) is 0.413. The Morgan fingerprint density at radius 2 is 2.12 bits per heavy atom. The maximum atomic E-state index is 12.0. The van der Waals surface area contributed by atoms with Gasteiger partial charge in [-0.3, -0.25) is 4.79 Å². The van der Waals surface area contributed by atoms with Crippen LogP contribution in [-0.2, 0) is 4.79 Å². The lowest BCUT2D eigenvalue weighted by atomic mass is 10.2. The zero-order valence-electron chi connectivity index (χ0n) is 10.3. The minimum absolute atomic E-state index is 0.0939. The summed E-state index contributed by atoms with van der Waals surface area (Å²) in [6.07, 6.45) is 1.57. The Labute approximate surface area is 107 Å². The molecule has 0 aromatic carbocycles. The third kappa shape index (κ3) is 3.33. The van der Waals surface area contributed by atoms with E-state index in [4.69, 9.17) is 16.3 Å². The summed E-state index contributed by atoms with van der Waals surface area (Å²) >= 11 is 6.13. The summed E-state index contributed by atoms with van der Waals surface area (Å²) in [6.45, 7) is 5.17. The Balaban J connectivity index is 2.80. The summed E-state index contributed by atoms with van der Waals surface area (Å²) < 4.78 is 4.95. The monoisotopic (exact) mass is 256 g/mol. The molecule has 0 aliphatic carbocycles. The second-order valence-electron chi connectivity index (χ2n) is 3.51. The minimum Gasteiger partial charge on any atom is -0.481 e. The SMILES string of the molecule is CCN(CC)C(=O)C(Cl)c1ccc(OC)nc1. The number of hydrogen-bond donors (Lipinski definition) is 0. The highest BCUT2D eigenvalue weighted by molar-refractivity contribution is 6.30. The molecule has 1 amide bonds. The van der Waals surface area contributed by atoms with E-state index in [1.165, 1.54) is 0 Å². The Bertz CT molecular complexity index is 363. The third-order valence-corrected chi connectivity index (χ3v) is 2.99. The van der Waals surface area contributed by atoms with Crippen LogP contribution >= 0.6 is 11.6 Å². The van der Waals surface area contributed by atoms with E-state index >= 15 is 0 Å². The van der Waals surface area contributed by atoms with Crippen molar-refractivity contribution >= 4 is 17.5 Å². The number of carbonyl (C=O) groups is 1. The fourth-order valence-electron chi connectivity index (χ4n) is 1.50. The lowest BCUT2D eigenvalue weighted by molar-refractivity contribution is -0.130. The van der Waals surface area contributed by atoms with Crippen molar-refractivity contribution in [1.29, 1.82) is 0 Å². The van der Waals surface area contributed by atoms with Gasteiger partial charge in [-0.15, -0.1) is 11.6 Å². The van der Waals surface area contributed by atoms with Crippen molar-refractivity contribution in [2.24, 2.45) is 0 Å². The summed E-state index contributed by atoms with van der Waals surface area (Å²) in [5, 5.41) is -0.687. The Morgan fingerprint density at radius 1 is 1.47 bits per heavy atom. The van der Waals surface area contributed by atoms with E-state index in [0.29, 0.717) is 24.5 Å². The molecule has 0 aliphatic rings. The highest BCUT2D eigenvalue weighted by Gasteiger charge is 2.22. The second kappa shape index (κ2) is 6.45. The number of halogens is 1. The van der Waals surface area contributed by atoms with Gasteiger partial charge < -0.3 is 9.64 Å². The van der Waals surface area contributed by atoms with Crippen molar-refractivity contribution in [3.63, 3.8) is 0 Å². The van der Waals surface area contributed by atoms with Gasteiger partial charge in [0.25, 0.3) is 0 Å². The number of nitrogens with zero attached hydrogens (tertiary/aromatic N) is 2. The Morgan fingerprint density at radius 3 is 2.53 bits per heavy atom. The predicted molar refractivity (Wildman–Crippen MR) is 67.3 cm³/mol. The summed E-state index contributed by atoms with van der Waals surface area (Å²) in [7, 11) is 1.54. The number of likely N-dealkylation sites (N-methyl/N-ethyl adjacent to an activating group) is 1. The van der Waals surface area contributed by atoms with Gasteiger partial charge in [-0.25, -0.2) is 4.98 Å². The van der Waals surface area contributed by atoms with Crippen LogP contribution in [0, 0.1) is 0 Å². The highest BCUT2D eigenvalue weighted by Crippen LogP contribution is 2.23. The molecular weight excluding hydrogens is 240 g/mol. The van der Waals surface area contributed by atoms with Gasteiger partial charge in [-0.05, 0) is 19.4 Å². The normalized spacial score (nSPS) is 12.0. The van der Waals surface area contributed by atoms with Gasteiger partial charge in [-0.2, -0.15) is 0 Å². The maximum absolute atomic E-state index is 12.0. The zero-order valence-corrected chi connectivity index (χ0v) is 11.1. The minimum atomic E-state index is -0.687. The van der Waals surface area contributed by atoms with Crippen molar-refractivity contribution < 1.29 is 9.53 Å². The van der Waals surface area contributed by atoms with E-state index in [-0.39, 0.29) is 5.91 Å². The topological polar surface area (TPSA) is 42.4 Å². The quantitative estimate of drug-likeness (QED) is 0.759. The van der Waals surface area contributed by atoms with Crippen molar-refractivity contribution in [3.05, 3.63) is 23.9 Å². The molecule has 0 N–H and O–H groups in total. The number of aromatic nitrogens is 1. The molecule has 0 bridgehead atoms. The number of ether oxygens (including phenoxy) is 1. The average Bonchev–Trinajstić information content (AvgIpc) is 2.39. The second-order valence-corrected chi connectivity index (χ2v) is 3.94. The van der Waals surface area contributed by atoms with Crippen LogP contribution in [0.5, 0.6) is 5.88 Å². The number of carbonyl (C=O) groups excluding carboxylic acids is 1. The molecule has 94 valence electrons. The lowest BCUT2D eigenvalue weighted by Crippen LogP contribution is -2.33. The van der Waals surface area contributed by atoms with Gasteiger partial charge >= 0.3 is 0 Å². The fourth-order valence-corrected chi connectivity index (χ4v) is 1.77. The lowest BCUT2D eigenvalue weighted by Gasteiger charge is -2.21. The molecule has 1 rings (SSSR count). The molecule has 1 atom stereocenters. The first-order chi connectivity index (χ1) is 8.13. The number of rotatable bonds is 5. The van der Waals surface area contributed by atoms with Gasteiger partial charge in [0, 0.05) is 25.4 Å². The summed E-state index contributed by atoms with van der Waals surface area (Å²) in [6, 6.07) is 3.45. The van der Waals surface area contributed by atoms with E-state index < -0.39 is 5.38 Å². The molecule has 0 spiro atoms. The molecule has 1 heterocycles. The van der Waals surface area contributed by atoms with Crippen LogP contribution in [0.1, 0.15) is 24.8 Å². The molecule has 17 heavy (non-hydrogen) atoms. The fraction of sp³-hybridized carbons (Fsp3) is 0.500. The van der Waals surface area contributed by atoms with Crippen LogP contribution < -0.4 is 4.74 Å². The molecule has 0 saturated carbocycles. The van der Waals surface area contributed by atoms with Gasteiger partial charge in [-0.1, -0.05) is 6.07 Å². The smallest absolute Gasteiger partial charge is 0.245 e. The van der Waals surface area contributed by atoms with E-state index in [2.05, 4.69) is 4.98 Å².